The smallest absolute Gasteiger partial charge is 0.242 e. The Labute approximate surface area is 165 Å². The van der Waals surface area contributed by atoms with Crippen LogP contribution in [0.25, 0.3) is 0 Å². The third kappa shape index (κ3) is 5.64. The van der Waals surface area contributed by atoms with E-state index in [0.717, 1.165) is 12.8 Å². The van der Waals surface area contributed by atoms with E-state index in [9.17, 15) is 14.0 Å². The van der Waals surface area contributed by atoms with Crippen molar-refractivity contribution in [2.24, 2.45) is 0 Å². The molecule has 0 unspecified atom stereocenters. The van der Waals surface area contributed by atoms with Crippen LogP contribution in [0.15, 0.2) is 24.3 Å². The number of rotatable bonds is 7. The van der Waals surface area contributed by atoms with E-state index in [-0.39, 0.29) is 55.2 Å². The van der Waals surface area contributed by atoms with E-state index in [4.69, 9.17) is 4.74 Å². The number of carbonyl (C=O) groups excluding carboxylic acids is 2. The highest BCUT2D eigenvalue weighted by atomic mass is 35.5. The van der Waals surface area contributed by atoms with Gasteiger partial charge in [0, 0.05) is 50.8 Å². The van der Waals surface area contributed by atoms with Gasteiger partial charge in [-0.25, -0.2) is 4.39 Å². The second-order valence-electron chi connectivity index (χ2n) is 7.02. The molecule has 0 spiro atoms. The second kappa shape index (κ2) is 10.0. The van der Waals surface area contributed by atoms with Gasteiger partial charge in [0.15, 0.2) is 0 Å². The molecule has 2 fully saturated rings. The number of methoxy groups -OCH3 is 1. The Bertz CT molecular complexity index is 661. The van der Waals surface area contributed by atoms with Gasteiger partial charge >= 0.3 is 0 Å². The average molecular weight is 400 g/mol. The lowest BCUT2D eigenvalue weighted by atomic mass is 10.1. The van der Waals surface area contributed by atoms with Gasteiger partial charge in [0.2, 0.25) is 11.8 Å². The minimum atomic E-state index is -0.338. The summed E-state index contributed by atoms with van der Waals surface area (Å²) >= 11 is 0. The quantitative estimate of drug-likeness (QED) is 0.756. The third-order valence-electron chi connectivity index (χ3n) is 5.11. The molecular weight excluding hydrogens is 373 g/mol. The molecule has 1 N–H and O–H groups in total. The van der Waals surface area contributed by atoms with Gasteiger partial charge in [-0.05, 0) is 18.9 Å². The molecule has 2 saturated heterocycles. The number of likely N-dealkylation sites (tertiary alicyclic amines) is 1. The molecular formula is C19H27ClFN3O3. The van der Waals surface area contributed by atoms with Gasteiger partial charge in [-0.1, -0.05) is 18.2 Å². The lowest BCUT2D eigenvalue weighted by Crippen LogP contribution is -2.46. The maximum atomic E-state index is 14.0. The molecule has 1 aromatic rings. The van der Waals surface area contributed by atoms with E-state index < -0.39 is 0 Å². The fourth-order valence-corrected chi connectivity index (χ4v) is 3.66. The second-order valence-corrected chi connectivity index (χ2v) is 7.02. The molecule has 6 nitrogen and oxygen atoms in total. The van der Waals surface area contributed by atoms with E-state index in [0.29, 0.717) is 31.7 Å². The topological polar surface area (TPSA) is 61.9 Å². The van der Waals surface area contributed by atoms with Crippen molar-refractivity contribution in [3.8, 4) is 0 Å². The standard InChI is InChI=1S/C19H26FN3O3.ClH/c1-26-9-8-22(11-14-4-2-3-5-17(14)20)19(25)13-23-12-16-7-6-15(21-16)10-18(23)24;/h2-5,15-16,21H,6-13H2,1H3;1H/t15-,16+;/m1./s1. The first-order valence-corrected chi connectivity index (χ1v) is 9.10. The Hall–Kier alpha value is -1.70. The van der Waals surface area contributed by atoms with E-state index in [1.807, 2.05) is 0 Å². The maximum Gasteiger partial charge on any atom is 0.242 e. The largest absolute Gasteiger partial charge is 0.383 e. The Morgan fingerprint density at radius 2 is 2.07 bits per heavy atom. The van der Waals surface area contributed by atoms with Crippen LogP contribution < -0.4 is 5.32 Å². The van der Waals surface area contributed by atoms with Crippen molar-refractivity contribution in [1.82, 2.24) is 15.1 Å². The summed E-state index contributed by atoms with van der Waals surface area (Å²) in [4.78, 5) is 28.5. The van der Waals surface area contributed by atoms with Crippen LogP contribution in [0.2, 0.25) is 0 Å². The monoisotopic (exact) mass is 399 g/mol. The number of amides is 2. The SMILES string of the molecule is COCCN(Cc1ccccc1F)C(=O)CN1C[C@@H]2CC[C@H](CC1=O)N2.Cl. The molecule has 8 heteroatoms. The Morgan fingerprint density at radius 3 is 2.81 bits per heavy atom. The Balaban J connectivity index is 0.00000261. The van der Waals surface area contributed by atoms with E-state index in [1.54, 1.807) is 35.1 Å². The summed E-state index contributed by atoms with van der Waals surface area (Å²) in [5.74, 6) is -0.512. The van der Waals surface area contributed by atoms with Crippen molar-refractivity contribution < 1.29 is 18.7 Å². The molecule has 0 radical (unpaired) electrons. The van der Waals surface area contributed by atoms with Crippen molar-refractivity contribution in [3.63, 3.8) is 0 Å². The summed E-state index contributed by atoms with van der Waals surface area (Å²) in [5, 5.41) is 3.44. The maximum absolute atomic E-state index is 14.0. The highest BCUT2D eigenvalue weighted by Crippen LogP contribution is 2.21. The first-order valence-electron chi connectivity index (χ1n) is 9.10. The fourth-order valence-electron chi connectivity index (χ4n) is 3.66. The van der Waals surface area contributed by atoms with Crippen molar-refractivity contribution in [3.05, 3.63) is 35.6 Å². The number of halogens is 2. The minimum Gasteiger partial charge on any atom is -0.383 e. The van der Waals surface area contributed by atoms with Gasteiger partial charge in [-0.2, -0.15) is 0 Å². The van der Waals surface area contributed by atoms with Crippen LogP contribution >= 0.6 is 12.4 Å². The number of carbonyl (C=O) groups is 2. The van der Waals surface area contributed by atoms with Gasteiger partial charge in [0.25, 0.3) is 0 Å². The fraction of sp³-hybridized carbons (Fsp3) is 0.579. The summed E-state index contributed by atoms with van der Waals surface area (Å²) in [7, 11) is 1.56. The number of hydrogen-bond acceptors (Lipinski definition) is 4. The highest BCUT2D eigenvalue weighted by molar-refractivity contribution is 5.85. The number of ether oxygens (including phenoxy) is 1. The number of fused-ring (bicyclic) bond motifs is 2. The van der Waals surface area contributed by atoms with Crippen LogP contribution in [0.5, 0.6) is 0 Å². The molecule has 27 heavy (non-hydrogen) atoms. The summed E-state index contributed by atoms with van der Waals surface area (Å²) in [6.07, 6.45) is 2.49. The molecule has 0 aromatic heterocycles. The van der Waals surface area contributed by atoms with Crippen LogP contribution in [0.1, 0.15) is 24.8 Å². The molecule has 2 atom stereocenters. The number of nitrogens with one attached hydrogen (secondary N) is 1. The normalized spacial score (nSPS) is 21.6. The first kappa shape index (κ1) is 21.6. The molecule has 0 aliphatic carbocycles. The van der Waals surface area contributed by atoms with Crippen molar-refractivity contribution in [2.75, 3.05) is 33.4 Å². The van der Waals surface area contributed by atoms with Crippen molar-refractivity contribution >= 4 is 24.2 Å². The zero-order chi connectivity index (χ0) is 18.5. The van der Waals surface area contributed by atoms with Crippen molar-refractivity contribution in [1.29, 1.82) is 0 Å². The van der Waals surface area contributed by atoms with E-state index >= 15 is 0 Å². The molecule has 2 aliphatic rings. The van der Waals surface area contributed by atoms with Gasteiger partial charge in [-0.3, -0.25) is 9.59 Å². The van der Waals surface area contributed by atoms with Gasteiger partial charge < -0.3 is 19.9 Å². The Morgan fingerprint density at radius 1 is 1.33 bits per heavy atom. The average Bonchev–Trinajstić information content (AvgIpc) is 2.99. The van der Waals surface area contributed by atoms with Gasteiger partial charge in [0.05, 0.1) is 13.2 Å². The Kier molecular flexibility index (Phi) is 8.01. The van der Waals surface area contributed by atoms with Gasteiger partial charge in [0.1, 0.15) is 5.82 Å². The molecule has 150 valence electrons. The van der Waals surface area contributed by atoms with E-state index in [1.165, 1.54) is 6.07 Å². The van der Waals surface area contributed by atoms with Crippen LogP contribution in [0.3, 0.4) is 0 Å². The third-order valence-corrected chi connectivity index (χ3v) is 5.11. The lowest BCUT2D eigenvalue weighted by Gasteiger charge is -2.28. The zero-order valence-corrected chi connectivity index (χ0v) is 16.3. The molecule has 1 aromatic carbocycles. The molecule has 0 saturated carbocycles. The zero-order valence-electron chi connectivity index (χ0n) is 15.5. The summed E-state index contributed by atoms with van der Waals surface area (Å²) in [6, 6.07) is 6.92. The summed E-state index contributed by atoms with van der Waals surface area (Å²) < 4.78 is 19.1. The van der Waals surface area contributed by atoms with E-state index in [2.05, 4.69) is 5.32 Å². The van der Waals surface area contributed by atoms with Crippen LogP contribution in [-0.2, 0) is 20.9 Å². The van der Waals surface area contributed by atoms with Gasteiger partial charge in [-0.15, -0.1) is 12.4 Å². The highest BCUT2D eigenvalue weighted by Gasteiger charge is 2.34. The van der Waals surface area contributed by atoms with Crippen LogP contribution in [-0.4, -0.2) is 67.0 Å². The van der Waals surface area contributed by atoms with Crippen molar-refractivity contribution in [2.45, 2.75) is 37.9 Å². The predicted octanol–water partition coefficient (Wildman–Crippen LogP) is 1.58. The summed E-state index contributed by atoms with van der Waals surface area (Å²) in [6.45, 7) is 1.47. The molecule has 2 aliphatic heterocycles. The lowest BCUT2D eigenvalue weighted by molar-refractivity contribution is -0.141. The predicted molar refractivity (Wildman–Crippen MR) is 102 cm³/mol. The number of benzene rings is 1. The molecule has 2 amide bonds. The molecule has 2 bridgehead atoms. The summed E-state index contributed by atoms with van der Waals surface area (Å²) in [5.41, 5.74) is 0.458. The number of nitrogens with zero attached hydrogens (tertiary/aromatic N) is 2. The first-order chi connectivity index (χ1) is 12.6. The number of hydrogen-bond donors (Lipinski definition) is 1. The van der Waals surface area contributed by atoms with Crippen LogP contribution in [0, 0.1) is 5.82 Å². The van der Waals surface area contributed by atoms with Crippen LogP contribution in [0.4, 0.5) is 4.39 Å². The molecule has 3 rings (SSSR count). The minimum absolute atomic E-state index is 0. The molecule has 2 heterocycles.